The summed E-state index contributed by atoms with van der Waals surface area (Å²) in [5.41, 5.74) is 2.52. The average molecular weight is 438 g/mol. The molecule has 0 aliphatic carbocycles. The molecule has 1 atom stereocenters. The molecule has 1 unspecified atom stereocenters. The Morgan fingerprint density at radius 3 is 2.20 bits per heavy atom. The molecule has 3 aromatic carbocycles. The van der Waals surface area contributed by atoms with Crippen LogP contribution in [0.4, 0.5) is 5.69 Å². The van der Waals surface area contributed by atoms with E-state index in [1.807, 2.05) is 31.2 Å². The van der Waals surface area contributed by atoms with Crippen molar-refractivity contribution in [1.29, 1.82) is 0 Å². The molecule has 1 aliphatic rings. The molecule has 1 N–H and O–H groups in total. The number of Topliss-reactive ketones (excluding diaryl/α,β-unsaturated/α-hetero) is 1. The fourth-order valence-corrected chi connectivity index (χ4v) is 4.20. The summed E-state index contributed by atoms with van der Waals surface area (Å²) in [5, 5.41) is 11.7. The third-order valence-electron chi connectivity index (χ3n) is 4.98. The lowest BCUT2D eigenvalue weighted by molar-refractivity contribution is -0.132. The number of nitrogens with zero attached hydrogens (tertiary/aromatic N) is 1. The van der Waals surface area contributed by atoms with Gasteiger partial charge in [-0.1, -0.05) is 83.4 Å². The molecule has 0 aromatic heterocycles. The molecule has 0 spiro atoms. The average Bonchev–Trinajstić information content (AvgIpc) is 2.98. The number of rotatable bonds is 3. The predicted octanol–water partition coefficient (Wildman–Crippen LogP) is 5.93. The molecule has 0 radical (unpaired) electrons. The van der Waals surface area contributed by atoms with Gasteiger partial charge in [0.2, 0.25) is 0 Å². The molecule has 1 heterocycles. The Morgan fingerprint density at radius 1 is 0.900 bits per heavy atom. The van der Waals surface area contributed by atoms with E-state index in [4.69, 9.17) is 23.2 Å². The van der Waals surface area contributed by atoms with Crippen molar-refractivity contribution < 1.29 is 14.7 Å². The summed E-state index contributed by atoms with van der Waals surface area (Å²) in [7, 11) is 0. The Kier molecular flexibility index (Phi) is 5.37. The standard InChI is InChI=1S/C24H17Cl2NO3/c1-14-6-5-9-16(10-14)21-20(22(28)15-7-3-2-4-8-15)23(29)24(30)27(21)19-12-17(25)11-18(26)13-19/h2-13,21,28H,1H3/b22-20+. The van der Waals surface area contributed by atoms with Gasteiger partial charge in [0.05, 0.1) is 11.6 Å². The van der Waals surface area contributed by atoms with E-state index in [9.17, 15) is 14.7 Å². The van der Waals surface area contributed by atoms with Crippen molar-refractivity contribution in [2.45, 2.75) is 13.0 Å². The van der Waals surface area contributed by atoms with Crippen molar-refractivity contribution in [1.82, 2.24) is 0 Å². The van der Waals surface area contributed by atoms with Crippen LogP contribution in [0.25, 0.3) is 5.76 Å². The van der Waals surface area contributed by atoms with Crippen LogP contribution in [0.15, 0.2) is 78.4 Å². The van der Waals surface area contributed by atoms with Crippen molar-refractivity contribution in [3.05, 3.63) is 105 Å². The predicted molar refractivity (Wildman–Crippen MR) is 119 cm³/mol. The largest absolute Gasteiger partial charge is 0.507 e. The molecule has 4 rings (SSSR count). The number of carbonyl (C=O) groups is 2. The van der Waals surface area contributed by atoms with Gasteiger partial charge < -0.3 is 5.11 Å². The summed E-state index contributed by atoms with van der Waals surface area (Å²) in [4.78, 5) is 27.5. The van der Waals surface area contributed by atoms with Gasteiger partial charge in [-0.05, 0) is 30.7 Å². The quantitative estimate of drug-likeness (QED) is 0.313. The van der Waals surface area contributed by atoms with Gasteiger partial charge in [0.15, 0.2) is 0 Å². The number of carbonyl (C=O) groups excluding carboxylic acids is 2. The highest BCUT2D eigenvalue weighted by Crippen LogP contribution is 2.43. The van der Waals surface area contributed by atoms with Crippen molar-refractivity contribution >= 4 is 46.3 Å². The Balaban J connectivity index is 1.98. The third kappa shape index (κ3) is 3.60. The smallest absolute Gasteiger partial charge is 0.300 e. The van der Waals surface area contributed by atoms with Crippen LogP contribution in [0.2, 0.25) is 10.0 Å². The highest BCUT2D eigenvalue weighted by Gasteiger charge is 2.47. The molecule has 0 saturated carbocycles. The molecule has 150 valence electrons. The maximum Gasteiger partial charge on any atom is 0.300 e. The first kappa shape index (κ1) is 20.2. The van der Waals surface area contributed by atoms with Crippen LogP contribution in [-0.2, 0) is 9.59 Å². The first-order valence-corrected chi connectivity index (χ1v) is 10.0. The summed E-state index contributed by atoms with van der Waals surface area (Å²) in [5.74, 6) is -1.74. The minimum absolute atomic E-state index is 0.0212. The number of hydrogen-bond acceptors (Lipinski definition) is 3. The summed E-state index contributed by atoms with van der Waals surface area (Å²) in [6.07, 6.45) is 0. The highest BCUT2D eigenvalue weighted by molar-refractivity contribution is 6.52. The second-order valence-corrected chi connectivity index (χ2v) is 7.95. The molecular formula is C24H17Cl2NO3. The minimum Gasteiger partial charge on any atom is -0.507 e. The van der Waals surface area contributed by atoms with Gasteiger partial charge in [-0.25, -0.2) is 0 Å². The second-order valence-electron chi connectivity index (χ2n) is 7.08. The maximum absolute atomic E-state index is 13.1. The summed E-state index contributed by atoms with van der Waals surface area (Å²) in [6.45, 7) is 1.92. The van der Waals surface area contributed by atoms with Crippen LogP contribution in [0.3, 0.4) is 0 Å². The van der Waals surface area contributed by atoms with Crippen LogP contribution in [0, 0.1) is 6.92 Å². The molecule has 0 bridgehead atoms. The van der Waals surface area contributed by atoms with E-state index < -0.39 is 17.7 Å². The molecule has 1 amide bonds. The summed E-state index contributed by atoms with van der Waals surface area (Å²) in [6, 6.07) is 20.0. The van der Waals surface area contributed by atoms with Gasteiger partial charge in [0.1, 0.15) is 5.76 Å². The van der Waals surface area contributed by atoms with Crippen molar-refractivity contribution in [3.63, 3.8) is 0 Å². The van der Waals surface area contributed by atoms with Crippen molar-refractivity contribution in [2.24, 2.45) is 0 Å². The molecule has 1 saturated heterocycles. The number of aliphatic hydroxyl groups excluding tert-OH is 1. The summed E-state index contributed by atoms with van der Waals surface area (Å²) >= 11 is 12.3. The fraction of sp³-hybridized carbons (Fsp3) is 0.0833. The number of aryl methyl sites for hydroxylation is 1. The number of hydrogen-bond donors (Lipinski definition) is 1. The fourth-order valence-electron chi connectivity index (χ4n) is 3.68. The van der Waals surface area contributed by atoms with Gasteiger partial charge in [-0.2, -0.15) is 0 Å². The second kappa shape index (κ2) is 7.98. The Hall–Kier alpha value is -3.08. The minimum atomic E-state index is -0.820. The van der Waals surface area contributed by atoms with Crippen LogP contribution in [0.5, 0.6) is 0 Å². The zero-order valence-corrected chi connectivity index (χ0v) is 17.5. The van der Waals surface area contributed by atoms with E-state index in [0.717, 1.165) is 5.56 Å². The lowest BCUT2D eigenvalue weighted by atomic mass is 9.94. The summed E-state index contributed by atoms with van der Waals surface area (Å²) < 4.78 is 0. The molecule has 1 aliphatic heterocycles. The number of aliphatic hydroxyl groups is 1. The van der Waals surface area contributed by atoms with Crippen LogP contribution in [-0.4, -0.2) is 16.8 Å². The molecular weight excluding hydrogens is 421 g/mol. The van der Waals surface area contributed by atoms with Gasteiger partial charge >= 0.3 is 0 Å². The molecule has 6 heteroatoms. The van der Waals surface area contributed by atoms with E-state index in [2.05, 4.69) is 0 Å². The zero-order valence-electron chi connectivity index (χ0n) is 16.0. The van der Waals surface area contributed by atoms with E-state index in [1.54, 1.807) is 48.5 Å². The van der Waals surface area contributed by atoms with Crippen LogP contribution >= 0.6 is 23.2 Å². The molecule has 1 fully saturated rings. The van der Waals surface area contributed by atoms with Crippen molar-refractivity contribution in [3.8, 4) is 0 Å². The Morgan fingerprint density at radius 2 is 1.57 bits per heavy atom. The van der Waals surface area contributed by atoms with Crippen LogP contribution in [0.1, 0.15) is 22.7 Å². The topological polar surface area (TPSA) is 57.6 Å². The SMILES string of the molecule is Cc1cccc(C2/C(=C(\O)c3ccccc3)C(=O)C(=O)N2c2cc(Cl)cc(Cl)c2)c1. The van der Waals surface area contributed by atoms with Crippen LogP contribution < -0.4 is 4.90 Å². The van der Waals surface area contributed by atoms with Gasteiger partial charge in [0.25, 0.3) is 11.7 Å². The number of ketones is 1. The Labute approximate surface area is 184 Å². The molecule has 30 heavy (non-hydrogen) atoms. The Bertz CT molecular complexity index is 1170. The monoisotopic (exact) mass is 437 g/mol. The number of amides is 1. The van der Waals surface area contributed by atoms with Gasteiger partial charge in [-0.15, -0.1) is 0 Å². The first-order chi connectivity index (χ1) is 14.4. The maximum atomic E-state index is 13.1. The molecule has 4 nitrogen and oxygen atoms in total. The third-order valence-corrected chi connectivity index (χ3v) is 5.41. The van der Waals surface area contributed by atoms with Crippen molar-refractivity contribution in [2.75, 3.05) is 4.90 Å². The lowest BCUT2D eigenvalue weighted by Crippen LogP contribution is -2.29. The first-order valence-electron chi connectivity index (χ1n) is 9.26. The number of anilines is 1. The normalized spacial score (nSPS) is 18.1. The number of benzene rings is 3. The zero-order chi connectivity index (χ0) is 21.4. The highest BCUT2D eigenvalue weighted by atomic mass is 35.5. The van der Waals surface area contributed by atoms with E-state index in [1.165, 1.54) is 4.90 Å². The van der Waals surface area contributed by atoms with E-state index in [0.29, 0.717) is 26.9 Å². The van der Waals surface area contributed by atoms with Gasteiger partial charge in [0, 0.05) is 21.3 Å². The van der Waals surface area contributed by atoms with E-state index in [-0.39, 0.29) is 11.3 Å². The lowest BCUT2D eigenvalue weighted by Gasteiger charge is -2.26. The molecule has 3 aromatic rings. The number of halogens is 2. The van der Waals surface area contributed by atoms with Gasteiger partial charge in [-0.3, -0.25) is 14.5 Å². The van der Waals surface area contributed by atoms with E-state index >= 15 is 0 Å².